The molecule has 0 unspecified atom stereocenters. The highest BCUT2D eigenvalue weighted by Gasteiger charge is 2.23. The van der Waals surface area contributed by atoms with Crippen LogP contribution >= 0.6 is 23.2 Å². The van der Waals surface area contributed by atoms with Gasteiger partial charge in [0.15, 0.2) is 30.2 Å². The van der Waals surface area contributed by atoms with Crippen LogP contribution in [0.5, 0.6) is 11.5 Å². The first-order valence-corrected chi connectivity index (χ1v) is 9.93. The summed E-state index contributed by atoms with van der Waals surface area (Å²) in [6, 6.07) is 5.22. The smallest absolute Gasteiger partial charge is 0.328 e. The average Bonchev–Trinajstić information content (AvgIpc) is 3.22. The number of methoxy groups -OCH3 is 2. The summed E-state index contributed by atoms with van der Waals surface area (Å²) in [7, 11) is 3.05. The number of carbonyl (C=O) groups excluding carboxylic acids is 2. The maximum Gasteiger partial charge on any atom is 0.328 e. The van der Waals surface area contributed by atoms with E-state index in [9.17, 15) is 9.59 Å². The number of aromatic nitrogens is 3. The zero-order chi connectivity index (χ0) is 22.4. The lowest BCUT2D eigenvalue weighted by Gasteiger charge is -2.20. The molecule has 0 amide bonds. The van der Waals surface area contributed by atoms with Crippen molar-refractivity contribution in [2.24, 2.45) is 0 Å². The van der Waals surface area contributed by atoms with Crippen molar-refractivity contribution in [2.75, 3.05) is 14.2 Å². The lowest BCUT2D eigenvalue weighted by atomic mass is 10.0. The van der Waals surface area contributed by atoms with Crippen molar-refractivity contribution in [3.63, 3.8) is 0 Å². The first kappa shape index (κ1) is 22.6. The van der Waals surface area contributed by atoms with Crippen LogP contribution < -0.4 is 14.5 Å². The van der Waals surface area contributed by atoms with Gasteiger partial charge in [0.25, 0.3) is 0 Å². The Labute approximate surface area is 188 Å². The number of ether oxygens (including phenoxy) is 3. The average molecular weight is 465 g/mol. The fourth-order valence-corrected chi connectivity index (χ4v) is 3.52. The molecule has 3 rings (SSSR count). The summed E-state index contributed by atoms with van der Waals surface area (Å²) in [5, 5.41) is 4.80. The summed E-state index contributed by atoms with van der Waals surface area (Å²) in [5.74, 6) is 0.483. The van der Waals surface area contributed by atoms with Crippen molar-refractivity contribution in [2.45, 2.75) is 19.1 Å². The molecule has 2 heterocycles. The molecule has 0 saturated heterocycles. The molecular weight excluding hydrogens is 445 g/mol. The molecule has 0 fully saturated rings. The van der Waals surface area contributed by atoms with Gasteiger partial charge in [0.05, 0.1) is 26.0 Å². The maximum atomic E-state index is 12.6. The van der Waals surface area contributed by atoms with Crippen LogP contribution in [0.4, 0.5) is 0 Å². The largest absolute Gasteiger partial charge is 0.493 e. The maximum absolute atomic E-state index is 12.6. The van der Waals surface area contributed by atoms with Crippen molar-refractivity contribution >= 4 is 35.5 Å². The van der Waals surface area contributed by atoms with Crippen LogP contribution in [0, 0.1) is 0 Å². The number of nitrogens with zero attached hydrogens (tertiary/aromatic N) is 2. The molecule has 0 bridgehead atoms. The molecule has 10 heteroatoms. The normalized spacial score (nSPS) is 11.6. The lowest BCUT2D eigenvalue weighted by Crippen LogP contribution is -2.19. The number of benzene rings is 1. The highest BCUT2D eigenvalue weighted by molar-refractivity contribution is 6.35. The molecule has 0 aliphatic rings. The Morgan fingerprint density at radius 2 is 1.90 bits per heavy atom. The second-order valence-electron chi connectivity index (χ2n) is 6.52. The van der Waals surface area contributed by atoms with E-state index in [0.717, 1.165) is 0 Å². The second kappa shape index (κ2) is 10.3. The minimum absolute atomic E-state index is 0.165. The summed E-state index contributed by atoms with van der Waals surface area (Å²) < 4.78 is 17.7. The molecule has 0 saturated carbocycles. The Morgan fingerprint density at radius 3 is 2.52 bits per heavy atom. The Kier molecular flexibility index (Phi) is 7.49. The number of aldehydes is 1. The first-order valence-electron chi connectivity index (χ1n) is 9.18. The van der Waals surface area contributed by atoms with Gasteiger partial charge in [-0.1, -0.05) is 29.3 Å². The molecule has 1 N–H and O–H groups in total. The number of pyridine rings is 1. The number of H-pyrrole nitrogens is 1. The van der Waals surface area contributed by atoms with Crippen LogP contribution in [0.15, 0.2) is 43.0 Å². The van der Waals surface area contributed by atoms with Gasteiger partial charge in [-0.05, 0) is 17.7 Å². The number of hydrogen-bond donors (Lipinski definition) is 0. The standard InChI is InChI=1S/C21H19Cl2N3O5/c1-29-18-4-3-14(5-20(18)30-2)19(6-15-16(22)8-24-9-17(15)23)31-21(28)11-26-10-13(12-27)7-25-26/h3-5,7-10,12,19H,6,11H2,1-2H3/p+1/t19-/m0/s1. The monoisotopic (exact) mass is 464 g/mol. The molecule has 0 radical (unpaired) electrons. The van der Waals surface area contributed by atoms with Crippen molar-refractivity contribution in [1.29, 1.82) is 0 Å². The number of carbonyl (C=O) groups is 2. The van der Waals surface area contributed by atoms with Crippen molar-refractivity contribution in [1.82, 2.24) is 9.78 Å². The summed E-state index contributed by atoms with van der Waals surface area (Å²) >= 11 is 12.6. The van der Waals surface area contributed by atoms with E-state index >= 15 is 0 Å². The molecule has 0 spiro atoms. The predicted octanol–water partition coefficient (Wildman–Crippen LogP) is 3.36. The highest BCUT2D eigenvalue weighted by atomic mass is 35.5. The molecule has 2 aromatic heterocycles. The zero-order valence-electron chi connectivity index (χ0n) is 16.8. The van der Waals surface area contributed by atoms with Gasteiger partial charge in [-0.25, -0.2) is 4.98 Å². The summed E-state index contributed by atoms with van der Waals surface area (Å²) in [4.78, 5) is 26.3. The number of nitrogens with one attached hydrogen (secondary N) is 1. The second-order valence-corrected chi connectivity index (χ2v) is 7.33. The van der Waals surface area contributed by atoms with Gasteiger partial charge in [-0.2, -0.15) is 5.10 Å². The van der Waals surface area contributed by atoms with E-state index in [1.165, 1.54) is 31.3 Å². The Hall–Kier alpha value is -3.10. The summed E-state index contributed by atoms with van der Waals surface area (Å²) in [5.41, 5.74) is 1.65. The summed E-state index contributed by atoms with van der Waals surface area (Å²) in [6.07, 6.45) is 6.18. The van der Waals surface area contributed by atoms with Gasteiger partial charge in [-0.15, -0.1) is 0 Å². The molecule has 1 aromatic carbocycles. The Morgan fingerprint density at radius 1 is 1.19 bits per heavy atom. The minimum Gasteiger partial charge on any atom is -0.493 e. The van der Waals surface area contributed by atoms with Crippen molar-refractivity contribution in [3.8, 4) is 11.5 Å². The third kappa shape index (κ3) is 5.53. The van der Waals surface area contributed by atoms with Gasteiger partial charge < -0.3 is 14.2 Å². The lowest BCUT2D eigenvalue weighted by molar-refractivity contribution is -0.377. The quantitative estimate of drug-likeness (QED) is 0.356. The van der Waals surface area contributed by atoms with Crippen LogP contribution in [0.2, 0.25) is 10.0 Å². The molecule has 0 aliphatic carbocycles. The number of esters is 1. The van der Waals surface area contributed by atoms with Gasteiger partial charge in [-0.3, -0.25) is 14.3 Å². The minimum atomic E-state index is -0.717. The molecule has 1 atom stereocenters. The number of aromatic amines is 1. The van der Waals surface area contributed by atoms with Gasteiger partial charge in [0, 0.05) is 18.2 Å². The van der Waals surface area contributed by atoms with Crippen LogP contribution in [0.3, 0.4) is 0 Å². The van der Waals surface area contributed by atoms with Crippen LogP contribution in [0.1, 0.15) is 27.6 Å². The van der Waals surface area contributed by atoms with Crippen molar-refractivity contribution < 1.29 is 28.8 Å². The number of halogens is 2. The third-order valence-corrected chi connectivity index (χ3v) is 5.19. The summed E-state index contributed by atoms with van der Waals surface area (Å²) in [6.45, 7) is -0.165. The van der Waals surface area contributed by atoms with Gasteiger partial charge in [0.1, 0.15) is 22.7 Å². The van der Waals surface area contributed by atoms with Gasteiger partial charge in [0.2, 0.25) is 0 Å². The van der Waals surface area contributed by atoms with Gasteiger partial charge >= 0.3 is 5.97 Å². The van der Waals surface area contributed by atoms with E-state index in [-0.39, 0.29) is 13.0 Å². The highest BCUT2D eigenvalue weighted by Crippen LogP contribution is 2.34. The molecule has 162 valence electrons. The fourth-order valence-electron chi connectivity index (χ4n) is 2.99. The third-order valence-electron chi connectivity index (χ3n) is 4.52. The fraction of sp³-hybridized carbons (Fsp3) is 0.238. The van der Waals surface area contributed by atoms with E-state index in [4.69, 9.17) is 37.4 Å². The number of hydrogen-bond acceptors (Lipinski definition) is 6. The Balaban J connectivity index is 1.90. The van der Waals surface area contributed by atoms with Crippen LogP contribution in [0.25, 0.3) is 0 Å². The van der Waals surface area contributed by atoms with E-state index in [1.54, 1.807) is 30.6 Å². The van der Waals surface area contributed by atoms with E-state index < -0.39 is 12.1 Å². The zero-order valence-corrected chi connectivity index (χ0v) is 18.3. The van der Waals surface area contributed by atoms with Crippen molar-refractivity contribution in [3.05, 3.63) is 69.7 Å². The topological polar surface area (TPSA) is 93.8 Å². The van der Waals surface area contributed by atoms with E-state index in [0.29, 0.717) is 44.5 Å². The Bertz CT molecular complexity index is 1070. The molecular formula is C21H20Cl2N3O5+. The van der Waals surface area contributed by atoms with E-state index in [2.05, 4.69) is 10.1 Å². The number of rotatable bonds is 9. The molecule has 0 aliphatic heterocycles. The predicted molar refractivity (Wildman–Crippen MR) is 113 cm³/mol. The molecule has 8 nitrogen and oxygen atoms in total. The van der Waals surface area contributed by atoms with Crippen LogP contribution in [-0.4, -0.2) is 36.3 Å². The SMILES string of the molecule is COc1ccc([C@H](Cc2c(Cl)c[nH+]cc2Cl)OC(=O)Cn2cc(C=O)cn2)cc1OC. The molecule has 3 aromatic rings. The first-order chi connectivity index (χ1) is 14.9. The molecule has 31 heavy (non-hydrogen) atoms. The van der Waals surface area contributed by atoms with E-state index in [1.807, 2.05) is 0 Å². The van der Waals surface area contributed by atoms with Crippen LogP contribution in [-0.2, 0) is 22.5 Å².